The van der Waals surface area contributed by atoms with Gasteiger partial charge in [0.1, 0.15) is 11.3 Å². The fourth-order valence-electron chi connectivity index (χ4n) is 3.80. The lowest BCUT2D eigenvalue weighted by Crippen LogP contribution is -2.25. The van der Waals surface area contributed by atoms with Gasteiger partial charge in [0.05, 0.1) is 6.61 Å². The number of esters is 1. The third-order valence-corrected chi connectivity index (χ3v) is 5.54. The first kappa shape index (κ1) is 24.5. The van der Waals surface area contributed by atoms with Gasteiger partial charge in [0.2, 0.25) is 0 Å². The Hall–Kier alpha value is -4.59. The molecule has 0 aliphatic rings. The number of para-hydroxylation sites is 1. The summed E-state index contributed by atoms with van der Waals surface area (Å²) in [5, 5.41) is 6.80. The highest BCUT2D eigenvalue weighted by atomic mass is 16.5. The van der Waals surface area contributed by atoms with Gasteiger partial charge < -0.3 is 25.1 Å². The molecule has 0 bridgehead atoms. The summed E-state index contributed by atoms with van der Waals surface area (Å²) in [7, 11) is 0. The summed E-state index contributed by atoms with van der Waals surface area (Å²) >= 11 is 0. The van der Waals surface area contributed by atoms with Crippen molar-refractivity contribution < 1.29 is 23.9 Å². The average molecular weight is 486 g/mol. The van der Waals surface area contributed by atoms with Crippen molar-refractivity contribution >= 4 is 34.4 Å². The number of nitrogens with one attached hydrogen (secondary N) is 3. The molecule has 0 atom stereocenters. The van der Waals surface area contributed by atoms with Crippen LogP contribution in [0.2, 0.25) is 0 Å². The second kappa shape index (κ2) is 11.7. The van der Waals surface area contributed by atoms with Crippen molar-refractivity contribution in [2.75, 3.05) is 25.1 Å². The zero-order valence-electron chi connectivity index (χ0n) is 19.9. The average Bonchev–Trinajstić information content (AvgIpc) is 3.38. The molecule has 1 heterocycles. The van der Waals surface area contributed by atoms with Gasteiger partial charge in [-0.25, -0.2) is 4.79 Å². The van der Waals surface area contributed by atoms with Gasteiger partial charge in [0.25, 0.3) is 11.8 Å². The van der Waals surface area contributed by atoms with Crippen LogP contribution in [-0.4, -0.2) is 42.5 Å². The number of fused-ring (bicyclic) bond motifs is 1. The van der Waals surface area contributed by atoms with Crippen LogP contribution >= 0.6 is 0 Å². The zero-order valence-corrected chi connectivity index (χ0v) is 19.9. The van der Waals surface area contributed by atoms with Crippen LogP contribution in [0.15, 0.2) is 79.0 Å². The molecule has 184 valence electrons. The van der Waals surface area contributed by atoms with Gasteiger partial charge in [-0.3, -0.25) is 9.59 Å². The Morgan fingerprint density at radius 2 is 1.72 bits per heavy atom. The van der Waals surface area contributed by atoms with Gasteiger partial charge >= 0.3 is 5.97 Å². The number of aromatic nitrogens is 1. The van der Waals surface area contributed by atoms with Crippen LogP contribution in [0.1, 0.15) is 33.2 Å². The maximum absolute atomic E-state index is 12.5. The molecule has 0 spiro atoms. The molecular weight excluding hydrogens is 458 g/mol. The van der Waals surface area contributed by atoms with Crippen molar-refractivity contribution in [1.82, 2.24) is 10.3 Å². The number of hydrogen-bond donors (Lipinski definition) is 3. The van der Waals surface area contributed by atoms with Crippen molar-refractivity contribution in [2.45, 2.75) is 13.3 Å². The van der Waals surface area contributed by atoms with Crippen molar-refractivity contribution in [1.29, 1.82) is 0 Å². The van der Waals surface area contributed by atoms with E-state index >= 15 is 0 Å². The molecule has 3 N–H and O–H groups in total. The Labute approximate surface area is 208 Å². The Kier molecular flexibility index (Phi) is 7.97. The Bertz CT molecular complexity index is 1360. The minimum Gasteiger partial charge on any atom is -0.483 e. The van der Waals surface area contributed by atoms with Crippen LogP contribution in [0.3, 0.4) is 0 Å². The summed E-state index contributed by atoms with van der Waals surface area (Å²) in [6.07, 6.45) is 2.62. The molecule has 3 aromatic carbocycles. The van der Waals surface area contributed by atoms with Crippen LogP contribution in [0.5, 0.6) is 5.75 Å². The Balaban J connectivity index is 1.26. The molecule has 8 heteroatoms. The first-order valence-electron chi connectivity index (χ1n) is 11.7. The van der Waals surface area contributed by atoms with E-state index in [4.69, 9.17) is 9.47 Å². The molecule has 1 aromatic heterocycles. The molecule has 36 heavy (non-hydrogen) atoms. The molecule has 0 aliphatic heterocycles. The predicted molar refractivity (Wildman–Crippen MR) is 137 cm³/mol. The Morgan fingerprint density at radius 1 is 0.917 bits per heavy atom. The number of amides is 2. The third-order valence-electron chi connectivity index (χ3n) is 5.54. The highest BCUT2D eigenvalue weighted by Crippen LogP contribution is 2.20. The number of rotatable bonds is 10. The fourth-order valence-corrected chi connectivity index (χ4v) is 3.80. The zero-order chi connectivity index (χ0) is 25.3. The molecule has 0 saturated carbocycles. The standard InChI is InChI=1S/C28H27N3O5/c1-2-35-28(34)23-7-3-4-9-25(23)36-18-26(32)31-21-12-10-20(11-13-21)27(33)30-16-14-19-6-5-8-24-22(19)15-17-29-24/h3-13,15,17,29H,2,14,16,18H2,1H3,(H,30,33)(H,31,32). The number of carbonyl (C=O) groups excluding carboxylic acids is 3. The van der Waals surface area contributed by atoms with Crippen LogP contribution in [-0.2, 0) is 16.0 Å². The summed E-state index contributed by atoms with van der Waals surface area (Å²) in [6.45, 7) is 2.18. The number of benzene rings is 3. The van der Waals surface area contributed by atoms with Crippen molar-refractivity contribution in [3.63, 3.8) is 0 Å². The van der Waals surface area contributed by atoms with Crippen molar-refractivity contribution in [3.8, 4) is 5.75 Å². The maximum atomic E-state index is 12.5. The first-order valence-corrected chi connectivity index (χ1v) is 11.7. The maximum Gasteiger partial charge on any atom is 0.341 e. The lowest BCUT2D eigenvalue weighted by Gasteiger charge is -2.11. The molecule has 0 saturated heterocycles. The smallest absolute Gasteiger partial charge is 0.341 e. The van der Waals surface area contributed by atoms with Gasteiger partial charge in [0.15, 0.2) is 6.61 Å². The summed E-state index contributed by atoms with van der Waals surface area (Å²) in [5.41, 5.74) is 3.52. The number of aromatic amines is 1. The fraction of sp³-hybridized carbons (Fsp3) is 0.179. The summed E-state index contributed by atoms with van der Waals surface area (Å²) in [6, 6.07) is 21.3. The van der Waals surface area contributed by atoms with Crippen LogP contribution in [0.25, 0.3) is 10.9 Å². The highest BCUT2D eigenvalue weighted by molar-refractivity contribution is 5.96. The quantitative estimate of drug-likeness (QED) is 0.290. The van der Waals surface area contributed by atoms with Gasteiger partial charge in [-0.05, 0) is 67.4 Å². The van der Waals surface area contributed by atoms with Crippen LogP contribution in [0, 0.1) is 0 Å². The van der Waals surface area contributed by atoms with Gasteiger partial charge in [-0.2, -0.15) is 0 Å². The SMILES string of the molecule is CCOC(=O)c1ccccc1OCC(=O)Nc1ccc(C(=O)NCCc2cccc3[nH]ccc23)cc1. The normalized spacial score (nSPS) is 10.6. The second-order valence-electron chi connectivity index (χ2n) is 7.99. The molecule has 2 amide bonds. The van der Waals surface area contributed by atoms with E-state index in [1.54, 1.807) is 55.5 Å². The van der Waals surface area contributed by atoms with Gasteiger partial charge in [-0.1, -0.05) is 24.3 Å². The summed E-state index contributed by atoms with van der Waals surface area (Å²) < 4.78 is 10.5. The van der Waals surface area contributed by atoms with Crippen LogP contribution in [0.4, 0.5) is 5.69 Å². The molecule has 4 rings (SSSR count). The molecule has 0 fully saturated rings. The molecule has 4 aromatic rings. The molecule has 0 radical (unpaired) electrons. The minimum atomic E-state index is -0.510. The third kappa shape index (κ3) is 6.09. The lowest BCUT2D eigenvalue weighted by atomic mass is 10.1. The van der Waals surface area contributed by atoms with E-state index in [2.05, 4.69) is 21.7 Å². The number of carbonyl (C=O) groups is 3. The van der Waals surface area contributed by atoms with Crippen molar-refractivity contribution in [2.24, 2.45) is 0 Å². The topological polar surface area (TPSA) is 110 Å². The van der Waals surface area contributed by atoms with Crippen LogP contribution < -0.4 is 15.4 Å². The van der Waals surface area contributed by atoms with E-state index in [9.17, 15) is 14.4 Å². The molecule has 8 nitrogen and oxygen atoms in total. The van der Waals surface area contributed by atoms with E-state index in [1.165, 1.54) is 5.56 Å². The molecule has 0 aliphatic carbocycles. The number of anilines is 1. The highest BCUT2D eigenvalue weighted by Gasteiger charge is 2.14. The lowest BCUT2D eigenvalue weighted by molar-refractivity contribution is -0.118. The number of H-pyrrole nitrogens is 1. The first-order chi connectivity index (χ1) is 17.5. The minimum absolute atomic E-state index is 0.187. The van der Waals surface area contributed by atoms with Crippen molar-refractivity contribution in [3.05, 3.63) is 95.7 Å². The summed E-state index contributed by atoms with van der Waals surface area (Å²) in [5.74, 6) is -0.826. The van der Waals surface area contributed by atoms with E-state index in [0.717, 1.165) is 10.9 Å². The van der Waals surface area contributed by atoms with Gasteiger partial charge in [0, 0.05) is 34.9 Å². The van der Waals surface area contributed by atoms with E-state index < -0.39 is 11.9 Å². The summed E-state index contributed by atoms with van der Waals surface area (Å²) in [4.78, 5) is 40.1. The Morgan fingerprint density at radius 3 is 2.53 bits per heavy atom. The van der Waals surface area contributed by atoms with E-state index in [1.807, 2.05) is 24.4 Å². The number of hydrogen-bond acceptors (Lipinski definition) is 5. The van der Waals surface area contributed by atoms with E-state index in [-0.39, 0.29) is 30.4 Å². The monoisotopic (exact) mass is 485 g/mol. The van der Waals surface area contributed by atoms with Gasteiger partial charge in [-0.15, -0.1) is 0 Å². The predicted octanol–water partition coefficient (Wildman–Crippen LogP) is 4.33. The molecule has 0 unspecified atom stereocenters. The number of ether oxygens (including phenoxy) is 2. The second-order valence-corrected chi connectivity index (χ2v) is 7.99. The molecular formula is C28H27N3O5. The van der Waals surface area contributed by atoms with E-state index in [0.29, 0.717) is 24.2 Å². The largest absolute Gasteiger partial charge is 0.483 e.